The third-order valence-corrected chi connectivity index (χ3v) is 2.42. The number of rotatable bonds is 6. The molecule has 100 valence electrons. The van der Waals surface area contributed by atoms with Crippen LogP contribution in [0.1, 0.15) is 6.92 Å². The van der Waals surface area contributed by atoms with Crippen LogP contribution in [0.15, 0.2) is 18.2 Å². The molecular weight excluding hydrogens is 256 g/mol. The van der Waals surface area contributed by atoms with Gasteiger partial charge in [0.05, 0.1) is 18.9 Å². The van der Waals surface area contributed by atoms with Crippen molar-refractivity contribution in [1.82, 2.24) is 0 Å². The zero-order valence-electron chi connectivity index (χ0n) is 10.4. The molecule has 1 unspecified atom stereocenters. The Bertz CT molecular complexity index is 412. The number of nitrogens with two attached hydrogens (primary N) is 1. The fourth-order valence-electron chi connectivity index (χ4n) is 1.36. The topological polar surface area (TPSA) is 73.6 Å². The minimum absolute atomic E-state index is 0.149. The predicted octanol–water partition coefficient (Wildman–Crippen LogP) is 1.65. The van der Waals surface area contributed by atoms with Gasteiger partial charge in [0.25, 0.3) is 0 Å². The van der Waals surface area contributed by atoms with Gasteiger partial charge in [-0.3, -0.25) is 4.79 Å². The fraction of sp³-hybridized carbons (Fsp3) is 0.417. The maximum absolute atomic E-state index is 11.8. The average molecular weight is 273 g/mol. The molecule has 1 rings (SSSR count). The molecular formula is C12H17ClN2O3. The summed E-state index contributed by atoms with van der Waals surface area (Å²) < 4.78 is 10.2. The van der Waals surface area contributed by atoms with Gasteiger partial charge in [-0.1, -0.05) is 11.6 Å². The molecule has 0 aliphatic rings. The SMILES string of the molecule is CCOc1ccc(Cl)cc1NC(=O)C(N)COC. The van der Waals surface area contributed by atoms with E-state index in [4.69, 9.17) is 26.8 Å². The van der Waals surface area contributed by atoms with E-state index in [9.17, 15) is 4.79 Å². The summed E-state index contributed by atoms with van der Waals surface area (Å²) in [6.45, 7) is 2.50. The molecule has 0 bridgehead atoms. The molecule has 0 heterocycles. The molecule has 1 atom stereocenters. The molecule has 18 heavy (non-hydrogen) atoms. The maximum Gasteiger partial charge on any atom is 0.243 e. The number of ether oxygens (including phenoxy) is 2. The molecule has 0 aliphatic heterocycles. The average Bonchev–Trinajstić information content (AvgIpc) is 2.33. The van der Waals surface area contributed by atoms with Crippen molar-refractivity contribution in [3.8, 4) is 5.75 Å². The first-order valence-electron chi connectivity index (χ1n) is 5.56. The Kier molecular flexibility index (Phi) is 5.91. The number of benzene rings is 1. The Morgan fingerprint density at radius 3 is 2.89 bits per heavy atom. The lowest BCUT2D eigenvalue weighted by atomic mass is 10.2. The number of nitrogens with one attached hydrogen (secondary N) is 1. The van der Waals surface area contributed by atoms with E-state index in [-0.39, 0.29) is 12.5 Å². The lowest BCUT2D eigenvalue weighted by Gasteiger charge is -2.14. The van der Waals surface area contributed by atoms with Crippen LogP contribution in [0.5, 0.6) is 5.75 Å². The summed E-state index contributed by atoms with van der Waals surface area (Å²) in [4.78, 5) is 11.8. The standard InChI is InChI=1S/C12H17ClN2O3/c1-3-18-11-5-4-8(13)6-10(11)15-12(16)9(14)7-17-2/h4-6,9H,3,7,14H2,1-2H3,(H,15,16). The molecule has 0 saturated carbocycles. The van der Waals surface area contributed by atoms with Gasteiger partial charge < -0.3 is 20.5 Å². The van der Waals surface area contributed by atoms with Crippen LogP contribution >= 0.6 is 11.6 Å². The van der Waals surface area contributed by atoms with Gasteiger partial charge >= 0.3 is 0 Å². The summed E-state index contributed by atoms with van der Waals surface area (Å²) >= 11 is 5.88. The van der Waals surface area contributed by atoms with Crippen LogP contribution in [0.4, 0.5) is 5.69 Å². The second kappa shape index (κ2) is 7.20. The summed E-state index contributed by atoms with van der Waals surface area (Å²) in [7, 11) is 1.48. The molecule has 0 fully saturated rings. The van der Waals surface area contributed by atoms with E-state index >= 15 is 0 Å². The van der Waals surface area contributed by atoms with Crippen LogP contribution < -0.4 is 15.8 Å². The largest absolute Gasteiger partial charge is 0.492 e. The minimum atomic E-state index is -0.733. The lowest BCUT2D eigenvalue weighted by molar-refractivity contribution is -0.118. The number of methoxy groups -OCH3 is 1. The zero-order valence-corrected chi connectivity index (χ0v) is 11.2. The van der Waals surface area contributed by atoms with Crippen molar-refractivity contribution in [2.45, 2.75) is 13.0 Å². The number of carbonyl (C=O) groups is 1. The molecule has 0 spiro atoms. The summed E-state index contributed by atoms with van der Waals surface area (Å²) in [6.07, 6.45) is 0. The number of carbonyl (C=O) groups excluding carboxylic acids is 1. The second-order valence-electron chi connectivity index (χ2n) is 3.62. The number of amides is 1. The third kappa shape index (κ3) is 4.18. The van der Waals surface area contributed by atoms with Gasteiger partial charge in [-0.25, -0.2) is 0 Å². The Hall–Kier alpha value is -1.30. The number of anilines is 1. The summed E-state index contributed by atoms with van der Waals surface area (Å²) in [5, 5.41) is 3.18. The third-order valence-electron chi connectivity index (χ3n) is 2.18. The van der Waals surface area contributed by atoms with Crippen LogP contribution in [0.3, 0.4) is 0 Å². The molecule has 6 heteroatoms. The molecule has 1 aromatic rings. The fourth-order valence-corrected chi connectivity index (χ4v) is 1.53. The molecule has 5 nitrogen and oxygen atoms in total. The van der Waals surface area contributed by atoms with E-state index in [1.807, 2.05) is 6.92 Å². The monoisotopic (exact) mass is 272 g/mol. The number of halogens is 1. The van der Waals surface area contributed by atoms with Crippen molar-refractivity contribution in [3.05, 3.63) is 23.2 Å². The summed E-state index contributed by atoms with van der Waals surface area (Å²) in [5.74, 6) is 0.208. The molecule has 0 saturated heterocycles. The van der Waals surface area contributed by atoms with Crippen LogP contribution in [-0.2, 0) is 9.53 Å². The van der Waals surface area contributed by atoms with Gasteiger partial charge in [0.1, 0.15) is 11.8 Å². The Balaban J connectivity index is 2.81. The van der Waals surface area contributed by atoms with Gasteiger partial charge in [0.2, 0.25) is 5.91 Å². The van der Waals surface area contributed by atoms with Gasteiger partial charge in [-0.15, -0.1) is 0 Å². The number of hydrogen-bond donors (Lipinski definition) is 2. The first-order valence-corrected chi connectivity index (χ1v) is 5.94. The van der Waals surface area contributed by atoms with Crippen molar-refractivity contribution < 1.29 is 14.3 Å². The van der Waals surface area contributed by atoms with Crippen LogP contribution in [0.2, 0.25) is 5.02 Å². The maximum atomic E-state index is 11.8. The van der Waals surface area contributed by atoms with Gasteiger partial charge in [-0.05, 0) is 25.1 Å². The van der Waals surface area contributed by atoms with Crippen molar-refractivity contribution in [3.63, 3.8) is 0 Å². The van der Waals surface area contributed by atoms with E-state index in [2.05, 4.69) is 5.32 Å². The van der Waals surface area contributed by atoms with Crippen LogP contribution in [-0.4, -0.2) is 32.3 Å². The van der Waals surface area contributed by atoms with Crippen LogP contribution in [0.25, 0.3) is 0 Å². The van der Waals surface area contributed by atoms with Gasteiger partial charge in [0, 0.05) is 12.1 Å². The Morgan fingerprint density at radius 1 is 1.56 bits per heavy atom. The first kappa shape index (κ1) is 14.8. The first-order chi connectivity index (χ1) is 8.58. The van der Waals surface area contributed by atoms with Crippen molar-refractivity contribution in [1.29, 1.82) is 0 Å². The Labute approximate surface area is 111 Å². The molecule has 3 N–H and O–H groups in total. The quantitative estimate of drug-likeness (QED) is 0.826. The van der Waals surface area contributed by atoms with E-state index in [1.54, 1.807) is 18.2 Å². The Morgan fingerprint density at radius 2 is 2.28 bits per heavy atom. The van der Waals surface area contributed by atoms with E-state index in [1.165, 1.54) is 7.11 Å². The van der Waals surface area contributed by atoms with Crippen molar-refractivity contribution in [2.75, 3.05) is 25.6 Å². The normalized spacial score (nSPS) is 12.0. The van der Waals surface area contributed by atoms with Crippen LogP contribution in [0, 0.1) is 0 Å². The molecule has 0 aromatic heterocycles. The van der Waals surface area contributed by atoms with Crippen molar-refractivity contribution >= 4 is 23.2 Å². The molecule has 1 amide bonds. The predicted molar refractivity (Wildman–Crippen MR) is 71.1 cm³/mol. The van der Waals surface area contributed by atoms with Gasteiger partial charge in [0.15, 0.2) is 0 Å². The van der Waals surface area contributed by atoms with E-state index in [0.29, 0.717) is 23.1 Å². The highest BCUT2D eigenvalue weighted by Gasteiger charge is 2.15. The van der Waals surface area contributed by atoms with Crippen molar-refractivity contribution in [2.24, 2.45) is 5.73 Å². The van der Waals surface area contributed by atoms with Gasteiger partial charge in [-0.2, -0.15) is 0 Å². The highest BCUT2D eigenvalue weighted by molar-refractivity contribution is 6.31. The second-order valence-corrected chi connectivity index (χ2v) is 4.06. The minimum Gasteiger partial charge on any atom is -0.492 e. The summed E-state index contributed by atoms with van der Waals surface area (Å²) in [5.41, 5.74) is 6.13. The smallest absolute Gasteiger partial charge is 0.243 e. The molecule has 0 aliphatic carbocycles. The van der Waals surface area contributed by atoms with E-state index in [0.717, 1.165) is 0 Å². The zero-order chi connectivity index (χ0) is 13.5. The van der Waals surface area contributed by atoms with E-state index < -0.39 is 6.04 Å². The lowest BCUT2D eigenvalue weighted by Crippen LogP contribution is -2.39. The highest BCUT2D eigenvalue weighted by atomic mass is 35.5. The summed E-state index contributed by atoms with van der Waals surface area (Å²) in [6, 6.07) is 4.27. The number of hydrogen-bond acceptors (Lipinski definition) is 4. The molecule has 1 aromatic carbocycles. The highest BCUT2D eigenvalue weighted by Crippen LogP contribution is 2.28. The molecule has 0 radical (unpaired) electrons.